The van der Waals surface area contributed by atoms with Crippen LogP contribution in [0.5, 0.6) is 6.01 Å². The largest absolute Gasteiger partial charge is 0.461 e. The molecule has 11 heteroatoms. The molecule has 40 heavy (non-hydrogen) atoms. The maximum Gasteiger partial charge on any atom is 0.321 e. The van der Waals surface area contributed by atoms with Gasteiger partial charge < -0.3 is 24.4 Å². The van der Waals surface area contributed by atoms with Crippen molar-refractivity contribution in [1.29, 1.82) is 0 Å². The number of carbonyl (C=O) groups is 2. The highest BCUT2D eigenvalue weighted by atomic mass is 16.5. The molecule has 0 spiro atoms. The SMILES string of the molecule is C=CC(=O)N1CCC(C(=O)Cc2cccc(CNc3nc(OCCOCCOC)nc4c(C(C)C)cnn34)c2)C1. The second-order valence-electron chi connectivity index (χ2n) is 10.1. The second kappa shape index (κ2) is 14.0. The fourth-order valence-corrected chi connectivity index (χ4v) is 4.63. The average molecular weight is 551 g/mol. The summed E-state index contributed by atoms with van der Waals surface area (Å²) < 4.78 is 17.9. The summed E-state index contributed by atoms with van der Waals surface area (Å²) in [5.41, 5.74) is 3.61. The first-order chi connectivity index (χ1) is 19.4. The third-order valence-electron chi connectivity index (χ3n) is 6.84. The highest BCUT2D eigenvalue weighted by Gasteiger charge is 2.29. The quantitative estimate of drug-likeness (QED) is 0.225. The highest BCUT2D eigenvalue weighted by molar-refractivity contribution is 5.89. The molecule has 2 aromatic heterocycles. The molecule has 0 bridgehead atoms. The lowest BCUT2D eigenvalue weighted by atomic mass is 9.96. The Morgan fingerprint density at radius 2 is 1.98 bits per heavy atom. The Labute approximate surface area is 234 Å². The summed E-state index contributed by atoms with van der Waals surface area (Å²) in [6.07, 6.45) is 4.12. The van der Waals surface area contributed by atoms with E-state index in [1.807, 2.05) is 24.3 Å². The minimum absolute atomic E-state index is 0.121. The molecule has 0 saturated carbocycles. The van der Waals surface area contributed by atoms with Crippen LogP contribution in [0.4, 0.5) is 5.95 Å². The van der Waals surface area contributed by atoms with E-state index in [1.54, 1.807) is 22.7 Å². The zero-order valence-electron chi connectivity index (χ0n) is 23.5. The van der Waals surface area contributed by atoms with Crippen molar-refractivity contribution in [1.82, 2.24) is 24.5 Å². The van der Waals surface area contributed by atoms with Gasteiger partial charge in [-0.15, -0.1) is 0 Å². The molecule has 11 nitrogen and oxygen atoms in total. The number of hydrogen-bond acceptors (Lipinski definition) is 9. The molecule has 214 valence electrons. The number of ether oxygens (including phenoxy) is 3. The van der Waals surface area contributed by atoms with Crippen molar-refractivity contribution in [3.05, 3.63) is 59.8 Å². The number of nitrogens with zero attached hydrogens (tertiary/aromatic N) is 5. The van der Waals surface area contributed by atoms with E-state index >= 15 is 0 Å². The number of benzene rings is 1. The number of ketones is 1. The van der Waals surface area contributed by atoms with E-state index < -0.39 is 0 Å². The molecule has 4 rings (SSSR count). The minimum atomic E-state index is -0.140. The summed E-state index contributed by atoms with van der Waals surface area (Å²) in [5, 5.41) is 7.86. The Balaban J connectivity index is 1.42. The number of nitrogens with one attached hydrogen (secondary N) is 1. The lowest BCUT2D eigenvalue weighted by molar-refractivity contribution is -0.125. The molecule has 1 atom stereocenters. The maximum absolute atomic E-state index is 12.9. The van der Waals surface area contributed by atoms with Crippen LogP contribution in [0, 0.1) is 5.92 Å². The van der Waals surface area contributed by atoms with E-state index in [-0.39, 0.29) is 29.5 Å². The van der Waals surface area contributed by atoms with Gasteiger partial charge in [0, 0.05) is 44.6 Å². The van der Waals surface area contributed by atoms with Crippen LogP contribution >= 0.6 is 0 Å². The maximum atomic E-state index is 12.9. The summed E-state index contributed by atoms with van der Waals surface area (Å²) in [5.74, 6) is 0.614. The van der Waals surface area contributed by atoms with Crippen molar-refractivity contribution in [3.8, 4) is 6.01 Å². The Kier molecular flexibility index (Phi) is 10.2. The molecule has 0 radical (unpaired) electrons. The molecule has 1 aliphatic heterocycles. The van der Waals surface area contributed by atoms with Gasteiger partial charge in [-0.25, -0.2) is 0 Å². The van der Waals surface area contributed by atoms with Gasteiger partial charge in [0.15, 0.2) is 5.65 Å². The molecule has 1 unspecified atom stereocenters. The van der Waals surface area contributed by atoms with E-state index in [9.17, 15) is 9.59 Å². The van der Waals surface area contributed by atoms with Gasteiger partial charge in [-0.1, -0.05) is 44.7 Å². The van der Waals surface area contributed by atoms with Crippen molar-refractivity contribution in [3.63, 3.8) is 0 Å². The van der Waals surface area contributed by atoms with Gasteiger partial charge in [0.2, 0.25) is 11.9 Å². The van der Waals surface area contributed by atoms with Crippen LogP contribution < -0.4 is 10.1 Å². The Hall–Kier alpha value is -3.83. The normalized spacial score (nSPS) is 15.1. The number of anilines is 1. The third kappa shape index (κ3) is 7.42. The zero-order valence-corrected chi connectivity index (χ0v) is 23.5. The molecular formula is C29H38N6O5. The number of fused-ring (bicyclic) bond motifs is 1. The number of likely N-dealkylation sites (tertiary alicyclic amines) is 1. The predicted molar refractivity (Wildman–Crippen MR) is 150 cm³/mol. The molecule has 1 fully saturated rings. The number of hydrogen-bond donors (Lipinski definition) is 1. The smallest absolute Gasteiger partial charge is 0.321 e. The number of aromatic nitrogens is 4. The van der Waals surface area contributed by atoms with Gasteiger partial charge in [0.25, 0.3) is 0 Å². The fourth-order valence-electron chi connectivity index (χ4n) is 4.63. The lowest BCUT2D eigenvalue weighted by Crippen LogP contribution is -2.28. The summed E-state index contributed by atoms with van der Waals surface area (Å²) in [7, 11) is 1.63. The number of carbonyl (C=O) groups excluding carboxylic acids is 2. The number of methoxy groups -OCH3 is 1. The Morgan fingerprint density at radius 3 is 2.75 bits per heavy atom. The third-order valence-corrected chi connectivity index (χ3v) is 6.84. The van der Waals surface area contributed by atoms with Crippen LogP contribution in [-0.4, -0.2) is 82.8 Å². The van der Waals surface area contributed by atoms with Gasteiger partial charge in [0.1, 0.15) is 12.4 Å². The Bertz CT molecular complexity index is 1320. The van der Waals surface area contributed by atoms with Crippen LogP contribution in [0.1, 0.15) is 42.9 Å². The van der Waals surface area contributed by atoms with Crippen LogP contribution in [0.15, 0.2) is 43.1 Å². The standard InChI is InChI=1S/C29H38N6O5/c1-5-26(37)34-10-9-23(19-34)25(36)16-21-7-6-8-22(15-21)17-30-28-33-29(40-14-13-39-12-11-38-4)32-27-24(20(2)3)18-31-35(27)28/h5-8,15,18,20,23H,1,9-14,16-17,19H2,2-4H3,(H,30,32,33). The van der Waals surface area contributed by atoms with Crippen molar-refractivity contribution in [2.75, 3.05) is 51.9 Å². The van der Waals surface area contributed by atoms with Crippen LogP contribution in [0.2, 0.25) is 0 Å². The minimum Gasteiger partial charge on any atom is -0.461 e. The van der Waals surface area contributed by atoms with E-state index in [0.29, 0.717) is 70.5 Å². The molecule has 3 heterocycles. The molecule has 3 aromatic rings. The van der Waals surface area contributed by atoms with Gasteiger partial charge in [-0.3, -0.25) is 9.59 Å². The first kappa shape index (κ1) is 29.2. The fraction of sp³-hybridized carbons (Fsp3) is 0.483. The zero-order chi connectivity index (χ0) is 28.5. The van der Waals surface area contributed by atoms with E-state index in [2.05, 4.69) is 40.8 Å². The first-order valence-corrected chi connectivity index (χ1v) is 13.6. The van der Waals surface area contributed by atoms with Gasteiger partial charge in [-0.05, 0) is 29.5 Å². The highest BCUT2D eigenvalue weighted by Crippen LogP contribution is 2.23. The van der Waals surface area contributed by atoms with Gasteiger partial charge >= 0.3 is 6.01 Å². The summed E-state index contributed by atoms with van der Waals surface area (Å²) in [4.78, 5) is 35.6. The number of Topliss-reactive ketones (excluding diaryl/α,β-unsaturated/α-hetero) is 1. The predicted octanol–water partition coefficient (Wildman–Crippen LogP) is 3.05. The van der Waals surface area contributed by atoms with Crippen molar-refractivity contribution in [2.24, 2.45) is 5.92 Å². The molecule has 1 N–H and O–H groups in total. The first-order valence-electron chi connectivity index (χ1n) is 13.6. The van der Waals surface area contributed by atoms with E-state index in [4.69, 9.17) is 14.2 Å². The summed E-state index contributed by atoms with van der Waals surface area (Å²) in [6, 6.07) is 8.15. The average Bonchev–Trinajstić information content (AvgIpc) is 3.62. The molecule has 0 aliphatic carbocycles. The molecule has 1 aliphatic rings. The lowest BCUT2D eigenvalue weighted by Gasteiger charge is -2.14. The monoisotopic (exact) mass is 550 g/mol. The summed E-state index contributed by atoms with van der Waals surface area (Å²) in [6.45, 7) is 10.9. The van der Waals surface area contributed by atoms with Crippen molar-refractivity contribution < 1.29 is 23.8 Å². The second-order valence-corrected chi connectivity index (χ2v) is 10.1. The van der Waals surface area contributed by atoms with Crippen LogP contribution in [-0.2, 0) is 32.0 Å². The molecule has 1 saturated heterocycles. The number of amides is 1. The van der Waals surface area contributed by atoms with E-state index in [1.165, 1.54) is 6.08 Å². The molecular weight excluding hydrogens is 512 g/mol. The van der Waals surface area contributed by atoms with Crippen LogP contribution in [0.3, 0.4) is 0 Å². The van der Waals surface area contributed by atoms with E-state index in [0.717, 1.165) is 16.7 Å². The number of rotatable bonds is 15. The van der Waals surface area contributed by atoms with Crippen LogP contribution in [0.25, 0.3) is 5.65 Å². The van der Waals surface area contributed by atoms with Crippen molar-refractivity contribution >= 4 is 23.3 Å². The summed E-state index contributed by atoms with van der Waals surface area (Å²) >= 11 is 0. The van der Waals surface area contributed by atoms with Crippen molar-refractivity contribution in [2.45, 2.75) is 39.2 Å². The van der Waals surface area contributed by atoms with Gasteiger partial charge in [-0.2, -0.15) is 19.6 Å². The van der Waals surface area contributed by atoms with Gasteiger partial charge in [0.05, 0.1) is 26.0 Å². The molecule has 1 amide bonds. The Morgan fingerprint density at radius 1 is 1.18 bits per heavy atom. The molecule has 1 aromatic carbocycles. The topological polar surface area (TPSA) is 120 Å².